The van der Waals surface area contributed by atoms with Crippen LogP contribution in [-0.2, 0) is 19.1 Å². The Labute approximate surface area is 412 Å². The van der Waals surface area contributed by atoms with Crippen molar-refractivity contribution in [3.63, 3.8) is 0 Å². The van der Waals surface area contributed by atoms with E-state index in [0.717, 1.165) is 38.9 Å². The number of hydrogen-bond acceptors (Lipinski definition) is 7. The maximum Gasteiger partial charge on any atom is 0.305 e. The molecule has 1 heterocycles. The second-order valence-electron chi connectivity index (χ2n) is 20.9. The van der Waals surface area contributed by atoms with Gasteiger partial charge in [-0.3, -0.25) is 9.59 Å². The van der Waals surface area contributed by atoms with E-state index in [1.807, 2.05) is 0 Å². The van der Waals surface area contributed by atoms with Crippen molar-refractivity contribution in [1.29, 1.82) is 0 Å². The van der Waals surface area contributed by atoms with Gasteiger partial charge in [-0.1, -0.05) is 214 Å². The molecule has 390 valence electrons. The predicted octanol–water partition coefficient (Wildman–Crippen LogP) is 17.4. The molecule has 2 atom stereocenters. The van der Waals surface area contributed by atoms with Crippen LogP contribution in [0.3, 0.4) is 0 Å². The van der Waals surface area contributed by atoms with Crippen LogP contribution >= 0.6 is 0 Å². The second kappa shape index (κ2) is 48.3. The number of unbranched alkanes of at least 4 members (excludes halogenated alkanes) is 25. The number of nitrogens with one attached hydrogen (secondary N) is 1. The van der Waals surface area contributed by atoms with Gasteiger partial charge in [0.05, 0.1) is 19.9 Å². The molecule has 66 heavy (non-hydrogen) atoms. The molecule has 1 aliphatic rings. The van der Waals surface area contributed by atoms with Crippen LogP contribution in [0.5, 0.6) is 0 Å². The minimum atomic E-state index is 0.0251. The van der Waals surface area contributed by atoms with Crippen LogP contribution in [0.15, 0.2) is 12.4 Å². The SMILES string of the molecule is CCCCCCCCCN(CCCCN1C=CNC1)C(CCCCCCCCC(=O)OCC(CCCC)CCCCCC)CCCCCCCCC(=O)OCC(CCCC)CCCCCC. The zero-order chi connectivity index (χ0) is 47.8. The molecule has 0 saturated carbocycles. The Kier molecular flexibility index (Phi) is 45.5. The third-order valence-corrected chi connectivity index (χ3v) is 14.6. The fraction of sp³-hybridized carbons (Fsp3) is 0.932. The lowest BCUT2D eigenvalue weighted by atomic mass is 9.96. The first-order valence-corrected chi connectivity index (χ1v) is 29.7. The molecule has 0 aromatic carbocycles. The largest absolute Gasteiger partial charge is 0.465 e. The summed E-state index contributed by atoms with van der Waals surface area (Å²) in [4.78, 5) is 30.6. The highest BCUT2D eigenvalue weighted by molar-refractivity contribution is 5.69. The van der Waals surface area contributed by atoms with Gasteiger partial charge in [0.2, 0.25) is 0 Å². The average Bonchev–Trinajstić information content (AvgIpc) is 3.85. The van der Waals surface area contributed by atoms with Gasteiger partial charge in [-0.25, -0.2) is 0 Å². The lowest BCUT2D eigenvalue weighted by molar-refractivity contribution is -0.146. The summed E-state index contributed by atoms with van der Waals surface area (Å²) in [6, 6.07) is 0.684. The van der Waals surface area contributed by atoms with Gasteiger partial charge in [-0.05, 0) is 95.6 Å². The van der Waals surface area contributed by atoms with E-state index in [-0.39, 0.29) is 11.9 Å². The number of esters is 2. The number of ether oxygens (including phenoxy) is 2. The first kappa shape index (κ1) is 62.3. The zero-order valence-electron chi connectivity index (χ0n) is 45.1. The van der Waals surface area contributed by atoms with Crippen molar-refractivity contribution in [3.05, 3.63) is 12.4 Å². The first-order valence-electron chi connectivity index (χ1n) is 29.7. The Balaban J connectivity index is 2.58. The normalized spacial score (nSPS) is 13.9. The van der Waals surface area contributed by atoms with E-state index in [4.69, 9.17) is 9.47 Å². The van der Waals surface area contributed by atoms with E-state index in [2.05, 4.69) is 62.1 Å². The molecule has 1 N–H and O–H groups in total. The molecule has 7 nitrogen and oxygen atoms in total. The monoisotopic (exact) mass is 930 g/mol. The molecule has 1 aliphatic heterocycles. The van der Waals surface area contributed by atoms with Gasteiger partial charge in [0, 0.05) is 37.8 Å². The third-order valence-electron chi connectivity index (χ3n) is 14.6. The number of hydrogen-bond donors (Lipinski definition) is 1. The topological polar surface area (TPSA) is 71.1 Å². The summed E-state index contributed by atoms with van der Waals surface area (Å²) >= 11 is 0. The van der Waals surface area contributed by atoms with Crippen LogP contribution in [0.1, 0.15) is 298 Å². The number of nitrogens with zero attached hydrogens (tertiary/aromatic N) is 2. The van der Waals surface area contributed by atoms with Crippen LogP contribution in [0.4, 0.5) is 0 Å². The molecular weight excluding hydrogens is 815 g/mol. The lowest BCUT2D eigenvalue weighted by Gasteiger charge is -2.33. The van der Waals surface area contributed by atoms with Crippen LogP contribution in [0, 0.1) is 11.8 Å². The minimum Gasteiger partial charge on any atom is -0.465 e. The van der Waals surface area contributed by atoms with Gasteiger partial charge in [0.25, 0.3) is 0 Å². The summed E-state index contributed by atoms with van der Waals surface area (Å²) in [5.41, 5.74) is 0. The molecule has 7 heteroatoms. The molecule has 2 unspecified atom stereocenters. The Morgan fingerprint density at radius 1 is 0.455 bits per heavy atom. The van der Waals surface area contributed by atoms with Gasteiger partial charge >= 0.3 is 11.9 Å². The highest BCUT2D eigenvalue weighted by atomic mass is 16.5. The van der Waals surface area contributed by atoms with Crippen molar-refractivity contribution < 1.29 is 19.1 Å². The molecule has 0 bridgehead atoms. The van der Waals surface area contributed by atoms with Gasteiger partial charge in [-0.15, -0.1) is 0 Å². The molecular formula is C59H115N3O4. The average molecular weight is 931 g/mol. The summed E-state index contributed by atoms with van der Waals surface area (Å²) in [6.07, 6.45) is 54.7. The van der Waals surface area contributed by atoms with E-state index in [0.29, 0.717) is 43.9 Å². The Bertz CT molecular complexity index is 1010. The lowest BCUT2D eigenvalue weighted by Crippen LogP contribution is -2.37. The fourth-order valence-corrected chi connectivity index (χ4v) is 10.0. The maximum atomic E-state index is 12.6. The van der Waals surface area contributed by atoms with Gasteiger partial charge in [0.1, 0.15) is 0 Å². The summed E-state index contributed by atoms with van der Waals surface area (Å²) in [6.45, 7) is 17.2. The first-order chi connectivity index (χ1) is 32.5. The molecule has 0 amide bonds. The van der Waals surface area contributed by atoms with E-state index in [9.17, 15) is 9.59 Å². The van der Waals surface area contributed by atoms with E-state index in [1.165, 1.54) is 238 Å². The number of carbonyl (C=O) groups excluding carboxylic acids is 2. The van der Waals surface area contributed by atoms with Gasteiger partial charge in [0.15, 0.2) is 0 Å². The molecule has 0 aliphatic carbocycles. The van der Waals surface area contributed by atoms with Gasteiger partial charge < -0.3 is 24.6 Å². The van der Waals surface area contributed by atoms with Crippen molar-refractivity contribution in [2.75, 3.05) is 39.5 Å². The Morgan fingerprint density at radius 2 is 0.818 bits per heavy atom. The highest BCUT2D eigenvalue weighted by Gasteiger charge is 2.19. The van der Waals surface area contributed by atoms with Crippen molar-refractivity contribution in [1.82, 2.24) is 15.1 Å². The highest BCUT2D eigenvalue weighted by Crippen LogP contribution is 2.23. The summed E-state index contributed by atoms with van der Waals surface area (Å²) in [5, 5.41) is 3.33. The second-order valence-corrected chi connectivity index (χ2v) is 20.9. The molecule has 0 fully saturated rings. The summed E-state index contributed by atoms with van der Waals surface area (Å²) in [7, 11) is 0. The predicted molar refractivity (Wildman–Crippen MR) is 286 cm³/mol. The van der Waals surface area contributed by atoms with Gasteiger partial charge in [-0.2, -0.15) is 0 Å². The summed E-state index contributed by atoms with van der Waals surface area (Å²) < 4.78 is 11.6. The van der Waals surface area contributed by atoms with Crippen LogP contribution in [0.2, 0.25) is 0 Å². The van der Waals surface area contributed by atoms with Crippen LogP contribution in [-0.4, -0.2) is 67.3 Å². The molecule has 0 aromatic heterocycles. The van der Waals surface area contributed by atoms with E-state index < -0.39 is 0 Å². The minimum absolute atomic E-state index is 0.0251. The zero-order valence-corrected chi connectivity index (χ0v) is 45.1. The molecule has 0 aromatic rings. The number of carbonyl (C=O) groups is 2. The Hall–Kier alpha value is -1.76. The van der Waals surface area contributed by atoms with Crippen LogP contribution in [0.25, 0.3) is 0 Å². The molecule has 1 rings (SSSR count). The molecule has 0 saturated heterocycles. The third kappa shape index (κ3) is 39.1. The van der Waals surface area contributed by atoms with Crippen LogP contribution < -0.4 is 5.32 Å². The standard InChI is InChI=1S/C59H115N3O4/c1-6-11-16-19-24-29-36-49-62(50-38-37-48-61-51-47-60-54-61)57(43-32-25-20-22-27-34-45-58(63)65-52-55(39-14-9-4)41-30-17-12-7-2)44-33-26-21-23-28-35-46-59(64)66-53-56(40-15-10-5)42-31-18-13-8-3/h47,51,55-57,60H,6-46,48-50,52-54H2,1-5H3. The fourth-order valence-electron chi connectivity index (χ4n) is 10.0. The van der Waals surface area contributed by atoms with Crippen molar-refractivity contribution in [2.45, 2.75) is 304 Å². The van der Waals surface area contributed by atoms with E-state index in [1.54, 1.807) is 0 Å². The quantitative estimate of drug-likeness (QED) is 0.0481. The molecule has 0 radical (unpaired) electrons. The van der Waals surface area contributed by atoms with Crippen molar-refractivity contribution in [2.24, 2.45) is 11.8 Å². The van der Waals surface area contributed by atoms with Crippen molar-refractivity contribution in [3.8, 4) is 0 Å². The van der Waals surface area contributed by atoms with E-state index >= 15 is 0 Å². The Morgan fingerprint density at radius 3 is 1.26 bits per heavy atom. The van der Waals surface area contributed by atoms with Crippen molar-refractivity contribution >= 4 is 11.9 Å². The molecule has 0 spiro atoms. The smallest absolute Gasteiger partial charge is 0.305 e. The number of rotatable bonds is 52. The maximum absolute atomic E-state index is 12.6. The summed E-state index contributed by atoms with van der Waals surface area (Å²) in [5.74, 6) is 1.14.